The average Bonchev–Trinajstić information content (AvgIpc) is 2.75. The van der Waals surface area contributed by atoms with Crippen LogP contribution in [0.4, 0.5) is 11.5 Å². The number of aryl methyl sites for hydroxylation is 1. The van der Waals surface area contributed by atoms with Crippen LogP contribution >= 0.6 is 0 Å². The molecule has 2 aromatic heterocycles. The number of nitrogen functional groups attached to an aromatic ring is 1. The normalized spacial score (nSPS) is 10.8. The molecule has 2 heterocycles. The molecule has 21 heavy (non-hydrogen) atoms. The number of nitrogens with zero attached hydrogens (tertiary/aromatic N) is 2. The lowest BCUT2D eigenvalue weighted by molar-refractivity contribution is -0.114. The highest BCUT2D eigenvalue weighted by molar-refractivity contribution is 5.90. The van der Waals surface area contributed by atoms with Crippen LogP contribution in [-0.4, -0.2) is 15.3 Å². The number of rotatable bonds is 2. The molecule has 0 fully saturated rings. The zero-order chi connectivity index (χ0) is 15.0. The second-order valence-corrected chi connectivity index (χ2v) is 5.04. The number of fused-ring (bicyclic) bond motifs is 1. The molecular weight excluding hydrogens is 264 g/mol. The van der Waals surface area contributed by atoms with Crippen molar-refractivity contribution in [3.05, 3.63) is 48.2 Å². The van der Waals surface area contributed by atoms with Crippen LogP contribution in [0.15, 0.2) is 42.6 Å². The molecule has 0 spiro atoms. The lowest BCUT2D eigenvalue weighted by Crippen LogP contribution is -2.05. The average molecular weight is 280 g/mol. The molecule has 5 heteroatoms. The van der Waals surface area contributed by atoms with E-state index in [2.05, 4.69) is 10.3 Å². The maximum atomic E-state index is 11.2. The molecule has 0 aliphatic carbocycles. The number of hydrogen-bond donors (Lipinski definition) is 2. The van der Waals surface area contributed by atoms with Crippen molar-refractivity contribution < 1.29 is 4.79 Å². The van der Waals surface area contributed by atoms with Gasteiger partial charge >= 0.3 is 0 Å². The Bertz CT molecular complexity index is 835. The third-order valence-corrected chi connectivity index (χ3v) is 3.27. The largest absolute Gasteiger partial charge is 0.383 e. The van der Waals surface area contributed by atoms with Crippen LogP contribution in [-0.2, 0) is 4.79 Å². The number of nitrogens with two attached hydrogens (primary N) is 1. The summed E-state index contributed by atoms with van der Waals surface area (Å²) in [5.41, 5.74) is 10.4. The van der Waals surface area contributed by atoms with Gasteiger partial charge in [0.15, 0.2) is 0 Å². The second kappa shape index (κ2) is 4.94. The molecule has 0 saturated heterocycles. The predicted molar refractivity (Wildman–Crippen MR) is 84.1 cm³/mol. The Balaban J connectivity index is 2.12. The summed E-state index contributed by atoms with van der Waals surface area (Å²) in [7, 11) is 0. The van der Waals surface area contributed by atoms with Crippen molar-refractivity contribution in [1.82, 2.24) is 9.38 Å². The summed E-state index contributed by atoms with van der Waals surface area (Å²) in [6.07, 6.45) is 1.91. The van der Waals surface area contributed by atoms with Crippen LogP contribution in [0.5, 0.6) is 0 Å². The summed E-state index contributed by atoms with van der Waals surface area (Å²) in [6, 6.07) is 11.5. The molecule has 1 amide bonds. The van der Waals surface area contributed by atoms with Crippen molar-refractivity contribution in [2.75, 3.05) is 11.1 Å². The Labute approximate surface area is 122 Å². The predicted octanol–water partition coefficient (Wildman–Crippen LogP) is 2.85. The summed E-state index contributed by atoms with van der Waals surface area (Å²) in [4.78, 5) is 15.7. The van der Waals surface area contributed by atoms with Crippen LogP contribution in [0.3, 0.4) is 0 Å². The van der Waals surface area contributed by atoms with Crippen LogP contribution in [0.2, 0.25) is 0 Å². The minimum atomic E-state index is -0.106. The molecule has 3 aromatic rings. The van der Waals surface area contributed by atoms with E-state index in [1.54, 1.807) is 0 Å². The quantitative estimate of drug-likeness (QED) is 0.758. The Hall–Kier alpha value is -2.82. The van der Waals surface area contributed by atoms with Crippen LogP contribution < -0.4 is 11.1 Å². The number of hydrogen-bond acceptors (Lipinski definition) is 3. The number of imidazole rings is 1. The topological polar surface area (TPSA) is 72.4 Å². The Morgan fingerprint density at radius 1 is 1.29 bits per heavy atom. The number of aromatic nitrogens is 2. The molecule has 3 N–H and O–H groups in total. The Morgan fingerprint density at radius 2 is 2.10 bits per heavy atom. The summed E-state index contributed by atoms with van der Waals surface area (Å²) < 4.78 is 1.85. The lowest BCUT2D eigenvalue weighted by atomic mass is 10.1. The first-order valence-electron chi connectivity index (χ1n) is 6.67. The smallest absolute Gasteiger partial charge is 0.221 e. The van der Waals surface area contributed by atoms with E-state index in [1.165, 1.54) is 6.92 Å². The van der Waals surface area contributed by atoms with E-state index in [-0.39, 0.29) is 5.91 Å². The van der Waals surface area contributed by atoms with Crippen molar-refractivity contribution >= 4 is 23.1 Å². The van der Waals surface area contributed by atoms with Gasteiger partial charge in [-0.15, -0.1) is 0 Å². The first-order valence-corrected chi connectivity index (χ1v) is 6.67. The van der Waals surface area contributed by atoms with E-state index in [1.807, 2.05) is 53.9 Å². The van der Waals surface area contributed by atoms with E-state index >= 15 is 0 Å². The summed E-state index contributed by atoms with van der Waals surface area (Å²) in [5, 5.41) is 2.76. The molecule has 0 bridgehead atoms. The van der Waals surface area contributed by atoms with Crippen molar-refractivity contribution in [3.63, 3.8) is 0 Å². The molecule has 1 aromatic carbocycles. The van der Waals surface area contributed by atoms with Crippen molar-refractivity contribution in [1.29, 1.82) is 0 Å². The van der Waals surface area contributed by atoms with Crippen LogP contribution in [0.25, 0.3) is 16.9 Å². The second-order valence-electron chi connectivity index (χ2n) is 5.04. The number of nitrogens with one attached hydrogen (secondary N) is 1. The summed E-state index contributed by atoms with van der Waals surface area (Å²) >= 11 is 0. The number of carbonyl (C=O) groups excluding carboxylic acids is 1. The monoisotopic (exact) mass is 280 g/mol. The summed E-state index contributed by atoms with van der Waals surface area (Å²) in [6.45, 7) is 3.50. The number of benzene rings is 1. The maximum Gasteiger partial charge on any atom is 0.221 e. The number of amides is 1. The van der Waals surface area contributed by atoms with Gasteiger partial charge in [0.1, 0.15) is 17.2 Å². The first kappa shape index (κ1) is 13.2. The van der Waals surface area contributed by atoms with E-state index in [0.717, 1.165) is 22.5 Å². The van der Waals surface area contributed by atoms with Gasteiger partial charge in [0.05, 0.1) is 0 Å². The SMILES string of the molecule is CC(=O)Nc1cccc(-c2nc3cc(C)ccn3c2N)c1. The van der Waals surface area contributed by atoms with Gasteiger partial charge in [-0.25, -0.2) is 4.98 Å². The molecule has 0 atom stereocenters. The molecule has 0 aliphatic rings. The highest BCUT2D eigenvalue weighted by Crippen LogP contribution is 2.28. The van der Waals surface area contributed by atoms with E-state index < -0.39 is 0 Å². The molecule has 3 rings (SSSR count). The number of carbonyl (C=O) groups is 1. The van der Waals surface area contributed by atoms with Crippen LogP contribution in [0.1, 0.15) is 12.5 Å². The van der Waals surface area contributed by atoms with E-state index in [9.17, 15) is 4.79 Å². The number of anilines is 2. The van der Waals surface area contributed by atoms with Gasteiger partial charge in [-0.05, 0) is 36.8 Å². The molecule has 0 aliphatic heterocycles. The highest BCUT2D eigenvalue weighted by Gasteiger charge is 2.11. The molecule has 106 valence electrons. The molecule has 0 saturated carbocycles. The summed E-state index contributed by atoms with van der Waals surface area (Å²) in [5.74, 6) is 0.482. The standard InChI is InChI=1S/C16H16N4O/c1-10-6-7-20-14(8-10)19-15(16(20)17)12-4-3-5-13(9-12)18-11(2)21/h3-9H,17H2,1-2H3,(H,18,21). The number of pyridine rings is 1. The Morgan fingerprint density at radius 3 is 2.86 bits per heavy atom. The minimum Gasteiger partial charge on any atom is -0.383 e. The van der Waals surface area contributed by atoms with E-state index in [0.29, 0.717) is 11.5 Å². The fourth-order valence-corrected chi connectivity index (χ4v) is 2.33. The van der Waals surface area contributed by atoms with Gasteiger partial charge in [-0.2, -0.15) is 0 Å². The van der Waals surface area contributed by atoms with Gasteiger partial charge in [-0.3, -0.25) is 9.20 Å². The van der Waals surface area contributed by atoms with Gasteiger partial charge in [-0.1, -0.05) is 12.1 Å². The van der Waals surface area contributed by atoms with Gasteiger partial charge < -0.3 is 11.1 Å². The lowest BCUT2D eigenvalue weighted by Gasteiger charge is -2.04. The van der Waals surface area contributed by atoms with Gasteiger partial charge in [0.25, 0.3) is 0 Å². The van der Waals surface area contributed by atoms with E-state index in [4.69, 9.17) is 5.73 Å². The Kier molecular flexibility index (Phi) is 3.10. The fraction of sp³-hybridized carbons (Fsp3) is 0.125. The maximum absolute atomic E-state index is 11.2. The highest BCUT2D eigenvalue weighted by atomic mass is 16.1. The van der Waals surface area contributed by atoms with Gasteiger partial charge in [0, 0.05) is 24.4 Å². The van der Waals surface area contributed by atoms with Gasteiger partial charge in [0.2, 0.25) is 5.91 Å². The van der Waals surface area contributed by atoms with Crippen molar-refractivity contribution in [2.45, 2.75) is 13.8 Å². The van der Waals surface area contributed by atoms with Crippen molar-refractivity contribution in [2.24, 2.45) is 0 Å². The fourth-order valence-electron chi connectivity index (χ4n) is 2.33. The minimum absolute atomic E-state index is 0.106. The first-order chi connectivity index (χ1) is 10.0. The third kappa shape index (κ3) is 2.45. The molecule has 5 nitrogen and oxygen atoms in total. The molecular formula is C16H16N4O. The molecule has 0 radical (unpaired) electrons. The van der Waals surface area contributed by atoms with Crippen molar-refractivity contribution in [3.8, 4) is 11.3 Å². The third-order valence-electron chi connectivity index (χ3n) is 3.27. The zero-order valence-electron chi connectivity index (χ0n) is 11.9. The zero-order valence-corrected chi connectivity index (χ0v) is 11.9. The molecule has 0 unspecified atom stereocenters. The van der Waals surface area contributed by atoms with Crippen LogP contribution in [0, 0.1) is 6.92 Å².